The van der Waals surface area contributed by atoms with Crippen LogP contribution in [0.3, 0.4) is 0 Å². The van der Waals surface area contributed by atoms with E-state index in [0.29, 0.717) is 17.1 Å². The molecule has 1 unspecified atom stereocenters. The van der Waals surface area contributed by atoms with E-state index in [1.807, 2.05) is 74.8 Å². The second kappa shape index (κ2) is 9.27. The summed E-state index contributed by atoms with van der Waals surface area (Å²) in [6.07, 6.45) is 1.58. The van der Waals surface area contributed by atoms with Crippen molar-refractivity contribution in [2.24, 2.45) is 4.99 Å². The van der Waals surface area contributed by atoms with Gasteiger partial charge in [-0.25, -0.2) is 9.38 Å². The first-order valence-electron chi connectivity index (χ1n) is 11.1. The largest absolute Gasteiger partial charge is 0.419 e. The number of hydrogen-bond donors (Lipinski definition) is 0. The fraction of sp³-hybridized carbons (Fsp3) is 0.107. The number of aliphatic imine (C=N–C) groups is 1. The Balaban J connectivity index is 1.83. The van der Waals surface area contributed by atoms with Gasteiger partial charge < -0.3 is 9.64 Å². The minimum atomic E-state index is -0.550. The van der Waals surface area contributed by atoms with Crippen molar-refractivity contribution in [3.05, 3.63) is 113 Å². The van der Waals surface area contributed by atoms with Gasteiger partial charge in [0.05, 0.1) is 23.5 Å². The molecular formula is C28H22FN5O. The van der Waals surface area contributed by atoms with E-state index in [9.17, 15) is 9.65 Å². The summed E-state index contributed by atoms with van der Waals surface area (Å²) < 4.78 is 21.9. The van der Waals surface area contributed by atoms with Crippen molar-refractivity contribution in [1.29, 1.82) is 5.26 Å². The van der Waals surface area contributed by atoms with Gasteiger partial charge in [-0.15, -0.1) is 0 Å². The van der Waals surface area contributed by atoms with Gasteiger partial charge >= 0.3 is 0 Å². The Kier molecular flexibility index (Phi) is 5.86. The van der Waals surface area contributed by atoms with Crippen LogP contribution >= 0.6 is 0 Å². The van der Waals surface area contributed by atoms with Gasteiger partial charge in [0, 0.05) is 19.7 Å². The van der Waals surface area contributed by atoms with Crippen LogP contribution in [0.4, 0.5) is 4.39 Å². The van der Waals surface area contributed by atoms with Crippen LogP contribution in [0.5, 0.6) is 5.88 Å². The zero-order valence-corrected chi connectivity index (χ0v) is 19.3. The number of para-hydroxylation sites is 1. The van der Waals surface area contributed by atoms with E-state index in [1.54, 1.807) is 28.1 Å². The Bertz CT molecular complexity index is 1450. The third kappa shape index (κ3) is 4.18. The molecule has 0 amide bonds. The molecule has 1 atom stereocenters. The number of rotatable bonds is 5. The van der Waals surface area contributed by atoms with Gasteiger partial charge in [-0.05, 0) is 29.8 Å². The molecule has 1 aromatic heterocycles. The summed E-state index contributed by atoms with van der Waals surface area (Å²) >= 11 is 0. The van der Waals surface area contributed by atoms with Gasteiger partial charge in [-0.3, -0.25) is 0 Å². The predicted molar refractivity (Wildman–Crippen MR) is 133 cm³/mol. The molecule has 1 aliphatic rings. The molecule has 0 fully saturated rings. The minimum Gasteiger partial charge on any atom is -0.419 e. The summed E-state index contributed by atoms with van der Waals surface area (Å²) in [5.74, 6) is -0.252. The van der Waals surface area contributed by atoms with Crippen LogP contribution in [0, 0.1) is 17.1 Å². The first-order valence-corrected chi connectivity index (χ1v) is 11.1. The summed E-state index contributed by atoms with van der Waals surface area (Å²) in [5.41, 5.74) is 4.17. The zero-order valence-electron chi connectivity index (χ0n) is 19.3. The average molecular weight is 464 g/mol. The number of fused-ring (bicyclic) bond motifs is 1. The molecule has 0 N–H and O–H groups in total. The summed E-state index contributed by atoms with van der Waals surface area (Å²) in [4.78, 5) is 6.23. The predicted octanol–water partition coefficient (Wildman–Crippen LogP) is 5.53. The third-order valence-corrected chi connectivity index (χ3v) is 5.66. The quantitative estimate of drug-likeness (QED) is 0.288. The highest BCUT2D eigenvalue weighted by atomic mass is 19.1. The summed E-state index contributed by atoms with van der Waals surface area (Å²) in [6, 6.07) is 27.9. The van der Waals surface area contributed by atoms with Crippen molar-refractivity contribution < 1.29 is 9.13 Å². The smallest absolute Gasteiger partial charge is 0.237 e. The lowest BCUT2D eigenvalue weighted by atomic mass is 9.83. The topological polar surface area (TPSA) is 66.4 Å². The molecular weight excluding hydrogens is 441 g/mol. The molecule has 6 nitrogen and oxygen atoms in total. The number of benzene rings is 3. The molecule has 7 heteroatoms. The highest BCUT2D eigenvalue weighted by Gasteiger charge is 2.38. The maximum Gasteiger partial charge on any atom is 0.237 e. The van der Waals surface area contributed by atoms with E-state index >= 15 is 0 Å². The Morgan fingerprint density at radius 3 is 2.29 bits per heavy atom. The number of hydrogen-bond acceptors (Lipinski definition) is 4. The molecule has 5 rings (SSSR count). The van der Waals surface area contributed by atoms with Gasteiger partial charge in [0.15, 0.2) is 0 Å². The fourth-order valence-corrected chi connectivity index (χ4v) is 4.11. The van der Waals surface area contributed by atoms with E-state index in [-0.39, 0.29) is 11.7 Å². The van der Waals surface area contributed by atoms with Crippen molar-refractivity contribution in [2.45, 2.75) is 5.92 Å². The molecule has 3 aromatic carbocycles. The van der Waals surface area contributed by atoms with Gasteiger partial charge in [-0.2, -0.15) is 15.0 Å². The normalized spacial score (nSPS) is 15.0. The van der Waals surface area contributed by atoms with Gasteiger partial charge in [0.25, 0.3) is 0 Å². The third-order valence-electron chi connectivity index (χ3n) is 5.66. The maximum atomic E-state index is 13.8. The molecule has 2 heterocycles. The van der Waals surface area contributed by atoms with Crippen LogP contribution in [-0.2, 0) is 0 Å². The molecule has 172 valence electrons. The SMILES string of the molecule is CN(C)/C=N\C1=C(C#N)C(c2ccc(F)cc2)c2c(-c3ccccc3)nn(-c3ccccc3)c2O1. The lowest BCUT2D eigenvalue weighted by Gasteiger charge is -2.25. The van der Waals surface area contributed by atoms with Crippen molar-refractivity contribution in [1.82, 2.24) is 14.7 Å². The van der Waals surface area contributed by atoms with E-state index in [0.717, 1.165) is 22.4 Å². The molecule has 0 spiro atoms. The minimum absolute atomic E-state index is 0.180. The molecule has 0 saturated heterocycles. The molecule has 0 bridgehead atoms. The zero-order chi connectivity index (χ0) is 24.4. The van der Waals surface area contributed by atoms with Crippen molar-refractivity contribution in [2.75, 3.05) is 14.1 Å². The average Bonchev–Trinajstić information content (AvgIpc) is 3.27. The summed E-state index contributed by atoms with van der Waals surface area (Å²) in [7, 11) is 3.67. The van der Waals surface area contributed by atoms with Gasteiger partial charge in [-0.1, -0.05) is 60.7 Å². The molecule has 0 saturated carbocycles. The molecule has 0 aliphatic carbocycles. The van der Waals surface area contributed by atoms with Gasteiger partial charge in [0.1, 0.15) is 23.2 Å². The first-order chi connectivity index (χ1) is 17.1. The van der Waals surface area contributed by atoms with Crippen molar-refractivity contribution in [3.63, 3.8) is 0 Å². The van der Waals surface area contributed by atoms with Crippen LogP contribution in [0.2, 0.25) is 0 Å². The Hall–Kier alpha value is -4.70. The van der Waals surface area contributed by atoms with Crippen LogP contribution in [0.1, 0.15) is 17.0 Å². The monoisotopic (exact) mass is 463 g/mol. The molecule has 0 radical (unpaired) electrons. The standard InChI is InChI=1S/C28H22FN5O/c1-33(2)18-31-27-23(17-30)24(19-13-15-21(29)16-14-19)25-26(20-9-5-3-6-10-20)32-34(28(25)35-27)22-11-7-4-8-12-22/h3-16,18,24H,1-2H3/b31-18-. The number of aromatic nitrogens is 2. The summed E-state index contributed by atoms with van der Waals surface area (Å²) in [5, 5.41) is 15.2. The van der Waals surface area contributed by atoms with Gasteiger partial charge in [0.2, 0.25) is 11.8 Å². The van der Waals surface area contributed by atoms with E-state index in [2.05, 4.69) is 11.1 Å². The van der Waals surface area contributed by atoms with Crippen molar-refractivity contribution in [3.8, 4) is 28.9 Å². The Morgan fingerprint density at radius 1 is 1.00 bits per heavy atom. The number of nitriles is 1. The number of halogens is 1. The van der Waals surface area contributed by atoms with E-state index < -0.39 is 5.92 Å². The number of allylic oxidation sites excluding steroid dienone is 1. The Morgan fingerprint density at radius 2 is 1.66 bits per heavy atom. The Labute approximate surface area is 202 Å². The van der Waals surface area contributed by atoms with Crippen LogP contribution in [0.15, 0.2) is 101 Å². The van der Waals surface area contributed by atoms with Crippen LogP contribution in [-0.4, -0.2) is 35.1 Å². The van der Waals surface area contributed by atoms with Crippen molar-refractivity contribution >= 4 is 6.34 Å². The van der Waals surface area contributed by atoms with Crippen LogP contribution < -0.4 is 4.74 Å². The number of nitrogens with zero attached hydrogens (tertiary/aromatic N) is 5. The second-order valence-electron chi connectivity index (χ2n) is 8.31. The lowest BCUT2D eigenvalue weighted by molar-refractivity contribution is 0.367. The molecule has 1 aliphatic heterocycles. The number of ether oxygens (including phenoxy) is 1. The summed E-state index contributed by atoms with van der Waals surface area (Å²) in [6.45, 7) is 0. The molecule has 35 heavy (non-hydrogen) atoms. The maximum absolute atomic E-state index is 13.8. The van der Waals surface area contributed by atoms with E-state index in [1.165, 1.54) is 12.1 Å². The van der Waals surface area contributed by atoms with E-state index in [4.69, 9.17) is 9.84 Å². The highest BCUT2D eigenvalue weighted by Crippen LogP contribution is 2.48. The van der Waals surface area contributed by atoms with Crippen LogP contribution in [0.25, 0.3) is 16.9 Å². The lowest BCUT2D eigenvalue weighted by Crippen LogP contribution is -2.18. The first kappa shape index (κ1) is 22.1. The second-order valence-corrected chi connectivity index (χ2v) is 8.31. The molecule has 4 aromatic rings. The fourth-order valence-electron chi connectivity index (χ4n) is 4.11. The highest BCUT2D eigenvalue weighted by molar-refractivity contribution is 5.72.